The van der Waals surface area contributed by atoms with Crippen LogP contribution >= 0.6 is 15.9 Å². The monoisotopic (exact) mass is 351 g/mol. The van der Waals surface area contributed by atoms with Gasteiger partial charge in [-0.05, 0) is 37.2 Å². The number of halogens is 2. The molecule has 2 rings (SSSR count). The lowest BCUT2D eigenvalue weighted by Crippen LogP contribution is -2.19. The zero-order chi connectivity index (χ0) is 15.2. The van der Waals surface area contributed by atoms with Crippen molar-refractivity contribution in [2.24, 2.45) is 0 Å². The molecule has 21 heavy (non-hydrogen) atoms. The first-order valence-electron chi connectivity index (χ1n) is 7.01. The Kier molecular flexibility index (Phi) is 5.76. The van der Waals surface area contributed by atoms with Crippen LogP contribution in [0.3, 0.4) is 0 Å². The van der Waals surface area contributed by atoms with Gasteiger partial charge in [0.15, 0.2) is 0 Å². The largest absolute Gasteiger partial charge is 0.493 e. The molecule has 1 atom stereocenters. The Hall–Kier alpha value is -1.39. The van der Waals surface area contributed by atoms with Crippen molar-refractivity contribution in [3.8, 4) is 5.75 Å². The van der Waals surface area contributed by atoms with Crippen molar-refractivity contribution in [3.63, 3.8) is 0 Å². The third-order valence-electron chi connectivity index (χ3n) is 3.25. The Labute approximate surface area is 133 Å². The normalized spacial score (nSPS) is 12.2. The van der Waals surface area contributed by atoms with Crippen LogP contribution in [-0.2, 0) is 0 Å². The van der Waals surface area contributed by atoms with Gasteiger partial charge in [0.05, 0.1) is 12.6 Å². The lowest BCUT2D eigenvalue weighted by Gasteiger charge is -2.21. The summed E-state index contributed by atoms with van der Waals surface area (Å²) in [5.74, 6) is 0.603. The average Bonchev–Trinajstić information content (AvgIpc) is 2.49. The van der Waals surface area contributed by atoms with E-state index in [4.69, 9.17) is 4.74 Å². The van der Waals surface area contributed by atoms with E-state index in [9.17, 15) is 4.39 Å². The second-order valence-electron chi connectivity index (χ2n) is 4.77. The number of nitrogens with one attached hydrogen (secondary N) is 1. The minimum atomic E-state index is -0.254. The van der Waals surface area contributed by atoms with Gasteiger partial charge in [0.2, 0.25) is 0 Å². The molecule has 0 heterocycles. The molecular weight excluding hydrogens is 333 g/mol. The SMILES string of the molecule is CCCOc1ccccc1C(NC)c1ccc(F)cc1Br. The van der Waals surface area contributed by atoms with Crippen LogP contribution in [-0.4, -0.2) is 13.7 Å². The minimum Gasteiger partial charge on any atom is -0.493 e. The molecule has 0 saturated carbocycles. The third kappa shape index (κ3) is 3.83. The molecule has 2 aromatic carbocycles. The highest BCUT2D eigenvalue weighted by Gasteiger charge is 2.19. The molecule has 0 saturated heterocycles. The quantitative estimate of drug-likeness (QED) is 0.815. The Bertz CT molecular complexity index is 603. The molecule has 0 fully saturated rings. The molecule has 0 bridgehead atoms. The van der Waals surface area contributed by atoms with Gasteiger partial charge in [0, 0.05) is 10.0 Å². The highest BCUT2D eigenvalue weighted by atomic mass is 79.9. The van der Waals surface area contributed by atoms with E-state index >= 15 is 0 Å². The van der Waals surface area contributed by atoms with Crippen LogP contribution in [0.5, 0.6) is 5.75 Å². The second kappa shape index (κ2) is 7.57. The highest BCUT2D eigenvalue weighted by molar-refractivity contribution is 9.10. The van der Waals surface area contributed by atoms with E-state index in [-0.39, 0.29) is 11.9 Å². The minimum absolute atomic E-state index is 0.0620. The molecule has 1 unspecified atom stereocenters. The molecule has 0 aliphatic heterocycles. The zero-order valence-electron chi connectivity index (χ0n) is 12.2. The van der Waals surface area contributed by atoms with E-state index in [2.05, 4.69) is 28.2 Å². The van der Waals surface area contributed by atoms with E-state index in [1.165, 1.54) is 12.1 Å². The van der Waals surface area contributed by atoms with E-state index in [0.717, 1.165) is 27.8 Å². The Morgan fingerprint density at radius 1 is 1.19 bits per heavy atom. The summed E-state index contributed by atoms with van der Waals surface area (Å²) in [4.78, 5) is 0. The molecule has 0 aliphatic carbocycles. The van der Waals surface area contributed by atoms with Gasteiger partial charge in [-0.1, -0.05) is 47.1 Å². The summed E-state index contributed by atoms with van der Waals surface area (Å²) in [6.07, 6.45) is 0.957. The zero-order valence-corrected chi connectivity index (χ0v) is 13.8. The molecule has 0 spiro atoms. The summed E-state index contributed by atoms with van der Waals surface area (Å²) in [6, 6.07) is 12.6. The fourth-order valence-electron chi connectivity index (χ4n) is 2.28. The number of rotatable bonds is 6. The van der Waals surface area contributed by atoms with Crippen LogP contribution in [0.4, 0.5) is 4.39 Å². The van der Waals surface area contributed by atoms with Gasteiger partial charge in [0.1, 0.15) is 11.6 Å². The van der Waals surface area contributed by atoms with Crippen molar-refractivity contribution in [3.05, 3.63) is 63.9 Å². The molecule has 0 aromatic heterocycles. The maximum Gasteiger partial charge on any atom is 0.124 e. The number of benzene rings is 2. The molecule has 4 heteroatoms. The predicted octanol–water partition coefficient (Wildman–Crippen LogP) is 4.69. The van der Waals surface area contributed by atoms with Crippen molar-refractivity contribution in [1.82, 2.24) is 5.32 Å². The highest BCUT2D eigenvalue weighted by Crippen LogP contribution is 2.33. The van der Waals surface area contributed by atoms with Crippen molar-refractivity contribution < 1.29 is 9.13 Å². The smallest absolute Gasteiger partial charge is 0.124 e. The van der Waals surface area contributed by atoms with Gasteiger partial charge >= 0.3 is 0 Å². The van der Waals surface area contributed by atoms with E-state index < -0.39 is 0 Å². The molecule has 0 aliphatic rings. The van der Waals surface area contributed by atoms with Crippen molar-refractivity contribution in [2.45, 2.75) is 19.4 Å². The first-order valence-corrected chi connectivity index (χ1v) is 7.80. The number of ether oxygens (including phenoxy) is 1. The third-order valence-corrected chi connectivity index (χ3v) is 3.94. The van der Waals surface area contributed by atoms with Crippen LogP contribution in [0, 0.1) is 5.82 Å². The van der Waals surface area contributed by atoms with Crippen LogP contribution in [0.1, 0.15) is 30.5 Å². The number of para-hydroxylation sites is 1. The lowest BCUT2D eigenvalue weighted by molar-refractivity contribution is 0.312. The predicted molar refractivity (Wildman–Crippen MR) is 87.2 cm³/mol. The van der Waals surface area contributed by atoms with E-state index in [0.29, 0.717) is 6.61 Å². The summed E-state index contributed by atoms with van der Waals surface area (Å²) < 4.78 is 19.9. The second-order valence-corrected chi connectivity index (χ2v) is 5.63. The maximum atomic E-state index is 13.3. The van der Waals surface area contributed by atoms with Gasteiger partial charge in [-0.3, -0.25) is 0 Å². The van der Waals surface area contributed by atoms with Crippen LogP contribution in [0.2, 0.25) is 0 Å². The molecule has 2 nitrogen and oxygen atoms in total. The number of hydrogen-bond acceptors (Lipinski definition) is 2. The van der Waals surface area contributed by atoms with E-state index in [1.807, 2.05) is 31.3 Å². The van der Waals surface area contributed by atoms with Crippen molar-refractivity contribution in [1.29, 1.82) is 0 Å². The summed E-state index contributed by atoms with van der Waals surface area (Å²) >= 11 is 3.44. The van der Waals surface area contributed by atoms with Gasteiger partial charge in [-0.25, -0.2) is 4.39 Å². The molecular formula is C17H19BrFNO. The van der Waals surface area contributed by atoms with Crippen LogP contribution in [0.15, 0.2) is 46.9 Å². The van der Waals surface area contributed by atoms with Crippen LogP contribution < -0.4 is 10.1 Å². The summed E-state index contributed by atoms with van der Waals surface area (Å²) in [5.41, 5.74) is 2.02. The summed E-state index contributed by atoms with van der Waals surface area (Å²) in [6.45, 7) is 2.76. The first-order chi connectivity index (χ1) is 10.2. The molecule has 1 N–H and O–H groups in total. The number of hydrogen-bond donors (Lipinski definition) is 1. The van der Waals surface area contributed by atoms with Crippen molar-refractivity contribution >= 4 is 15.9 Å². The fraction of sp³-hybridized carbons (Fsp3) is 0.294. The molecule has 112 valence electrons. The first kappa shape index (κ1) is 16.0. The Morgan fingerprint density at radius 2 is 1.95 bits per heavy atom. The van der Waals surface area contributed by atoms with Gasteiger partial charge in [0.25, 0.3) is 0 Å². The van der Waals surface area contributed by atoms with E-state index in [1.54, 1.807) is 6.07 Å². The Balaban J connectivity index is 2.41. The van der Waals surface area contributed by atoms with Gasteiger partial charge in [-0.2, -0.15) is 0 Å². The fourth-order valence-corrected chi connectivity index (χ4v) is 2.86. The standard InChI is InChI=1S/C17H19BrFNO/c1-3-10-21-16-7-5-4-6-14(16)17(20-2)13-9-8-12(19)11-15(13)18/h4-9,11,17,20H,3,10H2,1-2H3. The average molecular weight is 352 g/mol. The van der Waals surface area contributed by atoms with Gasteiger partial charge < -0.3 is 10.1 Å². The molecule has 0 amide bonds. The molecule has 2 aromatic rings. The maximum absolute atomic E-state index is 13.3. The van der Waals surface area contributed by atoms with Crippen LogP contribution in [0.25, 0.3) is 0 Å². The summed E-state index contributed by atoms with van der Waals surface area (Å²) in [7, 11) is 1.89. The molecule has 0 radical (unpaired) electrons. The van der Waals surface area contributed by atoms with Gasteiger partial charge in [-0.15, -0.1) is 0 Å². The van der Waals surface area contributed by atoms with Crippen molar-refractivity contribution in [2.75, 3.05) is 13.7 Å². The Morgan fingerprint density at radius 3 is 2.62 bits per heavy atom. The lowest BCUT2D eigenvalue weighted by atomic mass is 9.98. The topological polar surface area (TPSA) is 21.3 Å². The summed E-state index contributed by atoms with van der Waals surface area (Å²) in [5, 5.41) is 3.28.